The van der Waals surface area contributed by atoms with Crippen LogP contribution in [-0.2, 0) is 12.8 Å². The summed E-state index contributed by atoms with van der Waals surface area (Å²) in [6, 6.07) is 7.80. The summed E-state index contributed by atoms with van der Waals surface area (Å²) in [4.78, 5) is 11.6. The quantitative estimate of drug-likeness (QED) is 0.421. The van der Waals surface area contributed by atoms with Crippen LogP contribution in [0.2, 0.25) is 0 Å². The van der Waals surface area contributed by atoms with Crippen LogP contribution < -0.4 is 10.2 Å². The molecule has 6 heteroatoms. The van der Waals surface area contributed by atoms with Crippen LogP contribution in [0.3, 0.4) is 0 Å². The first-order valence-corrected chi connectivity index (χ1v) is 11.0. The number of nitrogens with zero attached hydrogens (tertiary/aromatic N) is 3. The molecule has 29 heavy (non-hydrogen) atoms. The summed E-state index contributed by atoms with van der Waals surface area (Å²) < 4.78 is 5.20. The zero-order valence-electron chi connectivity index (χ0n) is 17.5. The number of rotatable bonds is 6. The van der Waals surface area contributed by atoms with Gasteiger partial charge in [0.05, 0.1) is 18.7 Å². The minimum atomic E-state index is 0.349. The van der Waals surface area contributed by atoms with E-state index in [-0.39, 0.29) is 0 Å². The highest BCUT2D eigenvalue weighted by Gasteiger charge is 2.33. The van der Waals surface area contributed by atoms with E-state index >= 15 is 0 Å². The van der Waals surface area contributed by atoms with Gasteiger partial charge in [-0.15, -0.1) is 11.3 Å². The summed E-state index contributed by atoms with van der Waals surface area (Å²) in [5, 5.41) is 5.58. The van der Waals surface area contributed by atoms with E-state index in [1.807, 2.05) is 35.6 Å². The van der Waals surface area contributed by atoms with E-state index in [1.54, 1.807) is 19.7 Å². The van der Waals surface area contributed by atoms with Crippen molar-refractivity contribution in [1.82, 2.24) is 9.97 Å². The van der Waals surface area contributed by atoms with Crippen molar-refractivity contribution < 1.29 is 4.74 Å². The smallest absolute Gasteiger partial charge is 0.158 e. The first-order chi connectivity index (χ1) is 14.0. The summed E-state index contributed by atoms with van der Waals surface area (Å²) in [7, 11) is 1.67. The third kappa shape index (κ3) is 3.99. The summed E-state index contributed by atoms with van der Waals surface area (Å²) in [5.74, 6) is 2.32. The number of aromatic nitrogens is 2. The lowest BCUT2D eigenvalue weighted by molar-refractivity contribution is 0.184. The van der Waals surface area contributed by atoms with Gasteiger partial charge in [0.1, 0.15) is 16.9 Å². The molecule has 0 radical (unpaired) electrons. The van der Waals surface area contributed by atoms with Gasteiger partial charge in [0.25, 0.3) is 0 Å². The van der Waals surface area contributed by atoms with Crippen LogP contribution in [0.4, 0.5) is 5.82 Å². The molecule has 1 aromatic carbocycles. The second kappa shape index (κ2) is 8.11. The van der Waals surface area contributed by atoms with Crippen LogP contribution in [0.1, 0.15) is 49.6 Å². The first kappa shape index (κ1) is 19.8. The van der Waals surface area contributed by atoms with Gasteiger partial charge in [-0.1, -0.05) is 27.2 Å². The number of aryl methyl sites for hydroxylation is 1. The Labute approximate surface area is 176 Å². The fourth-order valence-corrected chi connectivity index (χ4v) is 5.19. The second-order valence-corrected chi connectivity index (χ2v) is 9.41. The van der Waals surface area contributed by atoms with Crippen LogP contribution in [0.25, 0.3) is 10.2 Å². The van der Waals surface area contributed by atoms with Crippen LogP contribution in [0, 0.1) is 11.3 Å². The summed E-state index contributed by atoms with van der Waals surface area (Å²) >= 11 is 1.81. The number of thiophene rings is 1. The molecule has 152 valence electrons. The van der Waals surface area contributed by atoms with Gasteiger partial charge in [-0.25, -0.2) is 9.97 Å². The number of nitrogens with one attached hydrogen (secondary N) is 1. The number of hydrogen-bond donors (Lipinski definition) is 1. The van der Waals surface area contributed by atoms with Crippen LogP contribution >= 0.6 is 11.3 Å². The van der Waals surface area contributed by atoms with Crippen molar-refractivity contribution in [3.05, 3.63) is 46.6 Å². The van der Waals surface area contributed by atoms with Crippen molar-refractivity contribution in [2.24, 2.45) is 16.4 Å². The van der Waals surface area contributed by atoms with E-state index in [0.29, 0.717) is 11.3 Å². The molecule has 3 aromatic rings. The van der Waals surface area contributed by atoms with Gasteiger partial charge in [-0.3, -0.25) is 5.43 Å². The number of anilines is 1. The largest absolute Gasteiger partial charge is 0.497 e. The van der Waals surface area contributed by atoms with Crippen LogP contribution in [-0.4, -0.2) is 23.3 Å². The second-order valence-electron chi connectivity index (χ2n) is 8.33. The number of hydrazone groups is 1. The topological polar surface area (TPSA) is 59.4 Å². The lowest BCUT2D eigenvalue weighted by Crippen LogP contribution is -2.28. The maximum Gasteiger partial charge on any atom is 0.158 e. The number of ether oxygens (including phenoxy) is 1. The third-order valence-electron chi connectivity index (χ3n) is 6.36. The summed E-state index contributed by atoms with van der Waals surface area (Å²) in [6.45, 7) is 7.09. The third-order valence-corrected chi connectivity index (χ3v) is 7.56. The molecular formula is C23H28N4OS. The average Bonchev–Trinajstić information content (AvgIpc) is 3.13. The van der Waals surface area contributed by atoms with Crippen LogP contribution in [0.5, 0.6) is 5.75 Å². The van der Waals surface area contributed by atoms with E-state index < -0.39 is 0 Å². The Morgan fingerprint density at radius 3 is 2.79 bits per heavy atom. The molecule has 1 aliphatic carbocycles. The number of benzene rings is 1. The van der Waals surface area contributed by atoms with Gasteiger partial charge in [0.2, 0.25) is 0 Å². The highest BCUT2D eigenvalue weighted by molar-refractivity contribution is 7.19. The first-order valence-electron chi connectivity index (χ1n) is 10.2. The molecule has 5 nitrogen and oxygen atoms in total. The van der Waals surface area contributed by atoms with Gasteiger partial charge < -0.3 is 4.74 Å². The van der Waals surface area contributed by atoms with E-state index in [9.17, 15) is 0 Å². The molecular weight excluding hydrogens is 380 g/mol. The molecule has 1 aliphatic rings. The zero-order valence-corrected chi connectivity index (χ0v) is 18.3. The Hall–Kier alpha value is -2.47. The Kier molecular flexibility index (Phi) is 5.54. The minimum absolute atomic E-state index is 0.349. The standard InChI is InChI=1S/C23H28N4OS/c1-5-23(2,3)16-8-11-19-18(12-16)20-21(24-14-25-22(20)29-19)27-26-13-15-6-9-17(28-4)10-7-15/h6-7,9-10,13-14,16H,5,8,11-12H2,1-4H3,(H,24,25,27)/b26-13-/t16-/m0/s1. The maximum absolute atomic E-state index is 5.20. The van der Waals surface area contributed by atoms with Gasteiger partial charge in [0.15, 0.2) is 5.82 Å². The molecule has 2 heterocycles. The van der Waals surface area contributed by atoms with Crippen molar-refractivity contribution in [1.29, 1.82) is 0 Å². The number of fused-ring (bicyclic) bond motifs is 3. The molecule has 1 N–H and O–H groups in total. The zero-order chi connectivity index (χ0) is 20.4. The van der Waals surface area contributed by atoms with Gasteiger partial charge in [-0.05, 0) is 66.0 Å². The molecule has 0 amide bonds. The van der Waals surface area contributed by atoms with E-state index in [4.69, 9.17) is 4.74 Å². The summed E-state index contributed by atoms with van der Waals surface area (Å²) in [5.41, 5.74) is 5.93. The number of hydrogen-bond acceptors (Lipinski definition) is 6. The monoisotopic (exact) mass is 408 g/mol. The van der Waals surface area contributed by atoms with Crippen molar-refractivity contribution in [3.63, 3.8) is 0 Å². The minimum Gasteiger partial charge on any atom is -0.497 e. The Morgan fingerprint density at radius 2 is 2.07 bits per heavy atom. The molecule has 0 saturated heterocycles. The molecule has 0 spiro atoms. The molecule has 0 fully saturated rings. The predicted molar refractivity (Wildman–Crippen MR) is 121 cm³/mol. The van der Waals surface area contributed by atoms with Gasteiger partial charge >= 0.3 is 0 Å². The SMILES string of the molecule is CCC(C)(C)[C@H]1CCc2sc3ncnc(N/N=C\c4ccc(OC)cc4)c3c2C1. The molecule has 0 unspecified atom stereocenters. The van der Waals surface area contributed by atoms with E-state index in [2.05, 4.69) is 41.3 Å². The lowest BCUT2D eigenvalue weighted by atomic mass is 9.69. The van der Waals surface area contributed by atoms with Gasteiger partial charge in [0, 0.05) is 4.88 Å². The Morgan fingerprint density at radius 1 is 1.28 bits per heavy atom. The highest BCUT2D eigenvalue weighted by atomic mass is 32.1. The lowest BCUT2D eigenvalue weighted by Gasteiger charge is -2.36. The van der Waals surface area contributed by atoms with Crippen molar-refractivity contribution in [3.8, 4) is 5.75 Å². The molecule has 0 saturated carbocycles. The van der Waals surface area contributed by atoms with Crippen LogP contribution in [0.15, 0.2) is 35.7 Å². The van der Waals surface area contributed by atoms with E-state index in [0.717, 1.165) is 40.2 Å². The molecule has 0 aliphatic heterocycles. The van der Waals surface area contributed by atoms with Crippen molar-refractivity contribution in [2.45, 2.75) is 46.5 Å². The van der Waals surface area contributed by atoms with Crippen molar-refractivity contribution >= 4 is 33.6 Å². The molecule has 1 atom stereocenters. The predicted octanol–water partition coefficient (Wildman–Crippen LogP) is 5.69. The van der Waals surface area contributed by atoms with Crippen molar-refractivity contribution in [2.75, 3.05) is 12.5 Å². The normalized spacial score (nSPS) is 16.9. The van der Waals surface area contributed by atoms with Gasteiger partial charge in [-0.2, -0.15) is 5.10 Å². The maximum atomic E-state index is 5.20. The molecule has 0 bridgehead atoms. The highest BCUT2D eigenvalue weighted by Crippen LogP contribution is 2.45. The fourth-order valence-electron chi connectivity index (χ4n) is 4.01. The number of methoxy groups -OCH3 is 1. The molecule has 2 aromatic heterocycles. The molecule has 4 rings (SSSR count). The average molecular weight is 409 g/mol. The Bertz CT molecular complexity index is 1020. The Balaban J connectivity index is 1.60. The summed E-state index contributed by atoms with van der Waals surface area (Å²) in [6.07, 6.45) is 8.12. The van der Waals surface area contributed by atoms with E-state index in [1.165, 1.54) is 23.3 Å². The fraction of sp³-hybridized carbons (Fsp3) is 0.435.